The lowest BCUT2D eigenvalue weighted by Gasteiger charge is -2.04. The molecule has 0 atom stereocenters. The molecule has 0 saturated carbocycles. The van der Waals surface area contributed by atoms with E-state index in [1.165, 1.54) is 6.08 Å². The van der Waals surface area contributed by atoms with Gasteiger partial charge >= 0.3 is 5.97 Å². The summed E-state index contributed by atoms with van der Waals surface area (Å²) in [5.74, 6) is -0.481. The Bertz CT molecular complexity index is 425. The lowest BCUT2D eigenvalue weighted by molar-refractivity contribution is 0.0527. The van der Waals surface area contributed by atoms with Crippen molar-refractivity contribution in [3.8, 4) is 0 Å². The number of halogens is 1. The van der Waals surface area contributed by atoms with Crippen molar-refractivity contribution in [1.29, 1.82) is 0 Å². The van der Waals surface area contributed by atoms with Crippen molar-refractivity contribution in [2.75, 3.05) is 6.61 Å². The molecule has 0 aliphatic heterocycles. The van der Waals surface area contributed by atoms with Crippen LogP contribution in [0.1, 0.15) is 17.3 Å². The van der Waals surface area contributed by atoms with E-state index in [-0.39, 0.29) is 17.9 Å². The van der Waals surface area contributed by atoms with Crippen molar-refractivity contribution < 1.29 is 14.3 Å². The van der Waals surface area contributed by atoms with Crippen molar-refractivity contribution in [3.63, 3.8) is 0 Å². The van der Waals surface area contributed by atoms with Crippen LogP contribution >= 0.6 is 22.6 Å². The number of ether oxygens (including phenoxy) is 1. The van der Waals surface area contributed by atoms with Crippen molar-refractivity contribution >= 4 is 40.3 Å². The standard InChI is InChI=1S/C10H8INO3/c1-2-15-10(14)8-5-7(11)3-4-9(8)12-6-13/h3-5H,2H2,1H3. The molecule has 1 rings (SSSR count). The molecule has 4 nitrogen and oxygen atoms in total. The van der Waals surface area contributed by atoms with Gasteiger partial charge in [-0.1, -0.05) is 0 Å². The molecule has 0 N–H and O–H groups in total. The summed E-state index contributed by atoms with van der Waals surface area (Å²) in [5, 5.41) is 0. The Morgan fingerprint density at radius 2 is 2.33 bits per heavy atom. The number of nitrogens with zero attached hydrogens (tertiary/aromatic N) is 1. The minimum Gasteiger partial charge on any atom is -0.462 e. The van der Waals surface area contributed by atoms with Crippen LogP contribution in [0.5, 0.6) is 0 Å². The summed E-state index contributed by atoms with van der Waals surface area (Å²) < 4.78 is 5.71. The molecule has 0 saturated heterocycles. The van der Waals surface area contributed by atoms with Gasteiger partial charge in [-0.05, 0) is 47.7 Å². The summed E-state index contributed by atoms with van der Waals surface area (Å²) in [7, 11) is 0. The maximum Gasteiger partial charge on any atom is 0.340 e. The fourth-order valence-electron chi connectivity index (χ4n) is 1.03. The number of isocyanates is 1. The molecule has 0 bridgehead atoms. The third-order valence-corrected chi connectivity index (χ3v) is 2.29. The second kappa shape index (κ2) is 5.63. The molecule has 15 heavy (non-hydrogen) atoms. The smallest absolute Gasteiger partial charge is 0.340 e. The molecular weight excluding hydrogens is 309 g/mol. The molecule has 78 valence electrons. The Morgan fingerprint density at radius 1 is 1.60 bits per heavy atom. The first-order chi connectivity index (χ1) is 7.19. The predicted molar refractivity (Wildman–Crippen MR) is 62.9 cm³/mol. The number of carbonyl (C=O) groups is 1. The second-order valence-corrected chi connectivity index (χ2v) is 3.83. The van der Waals surface area contributed by atoms with E-state index < -0.39 is 5.97 Å². The van der Waals surface area contributed by atoms with Crippen molar-refractivity contribution in [2.24, 2.45) is 4.99 Å². The minimum absolute atomic E-state index is 0.281. The summed E-state index contributed by atoms with van der Waals surface area (Å²) >= 11 is 2.06. The largest absolute Gasteiger partial charge is 0.462 e. The van der Waals surface area contributed by atoms with Crippen LogP contribution in [-0.2, 0) is 9.53 Å². The molecule has 0 aromatic heterocycles. The number of rotatable bonds is 3. The fraction of sp³-hybridized carbons (Fsp3) is 0.200. The Kier molecular flexibility index (Phi) is 4.45. The quantitative estimate of drug-likeness (QED) is 0.372. The average molecular weight is 317 g/mol. The van der Waals surface area contributed by atoms with E-state index in [1.807, 2.05) is 0 Å². The van der Waals surface area contributed by atoms with Gasteiger partial charge < -0.3 is 4.74 Å². The summed E-state index contributed by atoms with van der Waals surface area (Å²) in [6.45, 7) is 2.00. The highest BCUT2D eigenvalue weighted by molar-refractivity contribution is 14.1. The van der Waals surface area contributed by atoms with Gasteiger partial charge in [-0.25, -0.2) is 9.59 Å². The highest BCUT2D eigenvalue weighted by Gasteiger charge is 2.12. The summed E-state index contributed by atoms with van der Waals surface area (Å²) in [6.07, 6.45) is 1.41. The van der Waals surface area contributed by atoms with Crippen LogP contribution < -0.4 is 0 Å². The zero-order chi connectivity index (χ0) is 11.3. The maximum absolute atomic E-state index is 11.5. The topological polar surface area (TPSA) is 55.7 Å². The van der Waals surface area contributed by atoms with Gasteiger partial charge in [0.25, 0.3) is 0 Å². The van der Waals surface area contributed by atoms with Crippen LogP contribution in [0.2, 0.25) is 0 Å². The molecule has 0 amide bonds. The maximum atomic E-state index is 11.5. The summed E-state index contributed by atoms with van der Waals surface area (Å²) in [6, 6.07) is 4.95. The first-order valence-electron chi connectivity index (χ1n) is 4.23. The zero-order valence-electron chi connectivity index (χ0n) is 7.99. The average Bonchev–Trinajstić information content (AvgIpc) is 2.21. The highest BCUT2D eigenvalue weighted by Crippen LogP contribution is 2.22. The van der Waals surface area contributed by atoms with Crippen LogP contribution in [-0.4, -0.2) is 18.7 Å². The number of hydrogen-bond acceptors (Lipinski definition) is 4. The first-order valence-corrected chi connectivity index (χ1v) is 5.31. The SMILES string of the molecule is CCOC(=O)c1cc(I)ccc1N=C=O. The Morgan fingerprint density at radius 3 is 2.93 bits per heavy atom. The molecule has 0 fully saturated rings. The summed E-state index contributed by atoms with van der Waals surface area (Å²) in [5.41, 5.74) is 0.566. The van der Waals surface area contributed by atoms with Gasteiger partial charge in [-0.2, -0.15) is 4.99 Å². The van der Waals surface area contributed by atoms with Crippen LogP contribution in [0.3, 0.4) is 0 Å². The zero-order valence-corrected chi connectivity index (χ0v) is 10.1. The van der Waals surface area contributed by atoms with E-state index in [0.29, 0.717) is 0 Å². The molecule has 0 aliphatic rings. The summed E-state index contributed by atoms with van der Waals surface area (Å²) in [4.78, 5) is 25.1. The van der Waals surface area contributed by atoms with Gasteiger partial charge in [-0.3, -0.25) is 0 Å². The lowest BCUT2D eigenvalue weighted by Crippen LogP contribution is -2.05. The van der Waals surface area contributed by atoms with Crippen LogP contribution in [0.25, 0.3) is 0 Å². The van der Waals surface area contributed by atoms with Gasteiger partial charge in [0.1, 0.15) is 0 Å². The monoisotopic (exact) mass is 317 g/mol. The van der Waals surface area contributed by atoms with E-state index in [9.17, 15) is 9.59 Å². The Labute approximate surface area is 100 Å². The van der Waals surface area contributed by atoms with Crippen LogP contribution in [0.15, 0.2) is 23.2 Å². The number of esters is 1. The lowest BCUT2D eigenvalue weighted by atomic mass is 10.2. The first kappa shape index (κ1) is 11.9. The second-order valence-electron chi connectivity index (χ2n) is 2.59. The third-order valence-electron chi connectivity index (χ3n) is 1.62. The Balaban J connectivity index is 3.17. The molecular formula is C10H8INO3. The van der Waals surface area contributed by atoms with E-state index >= 15 is 0 Å². The molecule has 0 radical (unpaired) electrons. The van der Waals surface area contributed by atoms with Crippen molar-refractivity contribution in [2.45, 2.75) is 6.92 Å². The van der Waals surface area contributed by atoms with Gasteiger partial charge in [-0.15, -0.1) is 0 Å². The van der Waals surface area contributed by atoms with Crippen LogP contribution in [0.4, 0.5) is 5.69 Å². The van der Waals surface area contributed by atoms with Crippen molar-refractivity contribution in [1.82, 2.24) is 0 Å². The van der Waals surface area contributed by atoms with E-state index in [4.69, 9.17) is 4.74 Å². The van der Waals surface area contributed by atoms with Gasteiger partial charge in [0.2, 0.25) is 6.08 Å². The van der Waals surface area contributed by atoms with E-state index in [0.717, 1.165) is 3.57 Å². The fourth-order valence-corrected chi connectivity index (χ4v) is 1.52. The van der Waals surface area contributed by atoms with Gasteiger partial charge in [0, 0.05) is 3.57 Å². The minimum atomic E-state index is -0.481. The van der Waals surface area contributed by atoms with E-state index in [2.05, 4.69) is 27.6 Å². The van der Waals surface area contributed by atoms with Crippen LogP contribution in [0, 0.1) is 3.57 Å². The molecule has 0 unspecified atom stereocenters. The van der Waals surface area contributed by atoms with Gasteiger partial charge in [0.05, 0.1) is 17.9 Å². The number of benzene rings is 1. The third kappa shape index (κ3) is 3.14. The molecule has 1 aromatic rings. The Hall–Kier alpha value is -1.20. The molecule has 5 heteroatoms. The van der Waals surface area contributed by atoms with Gasteiger partial charge in [0.15, 0.2) is 0 Å². The van der Waals surface area contributed by atoms with Crippen molar-refractivity contribution in [3.05, 3.63) is 27.3 Å². The molecule has 0 aliphatic carbocycles. The normalized spacial score (nSPS) is 9.20. The molecule has 0 heterocycles. The number of hydrogen-bond donors (Lipinski definition) is 0. The number of aliphatic imine (C=N–C) groups is 1. The van der Waals surface area contributed by atoms with E-state index in [1.54, 1.807) is 25.1 Å². The molecule has 0 spiro atoms. The predicted octanol–water partition coefficient (Wildman–Crippen LogP) is 2.44. The number of carbonyl (C=O) groups excluding carboxylic acids is 2. The highest BCUT2D eigenvalue weighted by atomic mass is 127. The molecule has 1 aromatic carbocycles.